The van der Waals surface area contributed by atoms with Gasteiger partial charge in [-0.15, -0.1) is 11.3 Å². The van der Waals surface area contributed by atoms with E-state index in [1.54, 1.807) is 11.3 Å². The first kappa shape index (κ1) is 10.5. The van der Waals surface area contributed by atoms with Crippen molar-refractivity contribution >= 4 is 11.3 Å². The van der Waals surface area contributed by atoms with E-state index < -0.39 is 0 Å². The van der Waals surface area contributed by atoms with Crippen molar-refractivity contribution in [1.29, 1.82) is 0 Å². The summed E-state index contributed by atoms with van der Waals surface area (Å²) >= 11 is 1.61. The standard InChI is InChI=1S/C10H16O2S/c1-2-3-6-11-7-8-12-10-5-4-9-13-10/h4-5,9H,2-3,6-8H2,1H3. The molecule has 1 aromatic heterocycles. The molecule has 0 aromatic carbocycles. The second-order valence-corrected chi connectivity index (χ2v) is 3.66. The Kier molecular flexibility index (Phi) is 5.61. The van der Waals surface area contributed by atoms with E-state index in [1.165, 1.54) is 6.42 Å². The van der Waals surface area contributed by atoms with E-state index in [-0.39, 0.29) is 0 Å². The molecule has 0 aliphatic carbocycles. The van der Waals surface area contributed by atoms with E-state index in [1.807, 2.05) is 17.5 Å². The quantitative estimate of drug-likeness (QED) is 0.630. The largest absolute Gasteiger partial charge is 0.482 e. The summed E-state index contributed by atoms with van der Waals surface area (Å²) in [5.74, 6) is 0. The summed E-state index contributed by atoms with van der Waals surface area (Å²) in [7, 11) is 0. The number of thiophene rings is 1. The second-order valence-electron chi connectivity index (χ2n) is 2.75. The molecule has 0 saturated carbocycles. The molecule has 1 rings (SSSR count). The molecule has 0 aliphatic heterocycles. The van der Waals surface area contributed by atoms with Gasteiger partial charge in [-0.05, 0) is 23.9 Å². The Bertz CT molecular complexity index is 197. The smallest absolute Gasteiger partial charge is 0.173 e. The highest BCUT2D eigenvalue weighted by atomic mass is 32.1. The topological polar surface area (TPSA) is 18.5 Å². The van der Waals surface area contributed by atoms with Crippen LogP contribution in [0.3, 0.4) is 0 Å². The normalized spacial score (nSPS) is 10.2. The third kappa shape index (κ3) is 4.90. The average Bonchev–Trinajstić information content (AvgIpc) is 2.63. The van der Waals surface area contributed by atoms with Gasteiger partial charge >= 0.3 is 0 Å². The van der Waals surface area contributed by atoms with Gasteiger partial charge in [0.25, 0.3) is 0 Å². The van der Waals surface area contributed by atoms with Gasteiger partial charge in [-0.25, -0.2) is 0 Å². The fraction of sp³-hybridized carbons (Fsp3) is 0.600. The average molecular weight is 200 g/mol. The van der Waals surface area contributed by atoms with E-state index in [9.17, 15) is 0 Å². The fourth-order valence-corrected chi connectivity index (χ4v) is 1.50. The van der Waals surface area contributed by atoms with Gasteiger partial charge in [0.2, 0.25) is 0 Å². The van der Waals surface area contributed by atoms with Crippen molar-refractivity contribution in [2.45, 2.75) is 19.8 Å². The van der Waals surface area contributed by atoms with Crippen molar-refractivity contribution in [2.24, 2.45) is 0 Å². The first-order chi connectivity index (χ1) is 6.43. The van der Waals surface area contributed by atoms with Gasteiger partial charge in [0.05, 0.1) is 6.61 Å². The van der Waals surface area contributed by atoms with Crippen molar-refractivity contribution in [2.75, 3.05) is 19.8 Å². The molecule has 0 unspecified atom stereocenters. The van der Waals surface area contributed by atoms with E-state index in [0.29, 0.717) is 13.2 Å². The van der Waals surface area contributed by atoms with Crippen LogP contribution in [-0.2, 0) is 4.74 Å². The predicted octanol–water partition coefficient (Wildman–Crippen LogP) is 2.94. The summed E-state index contributed by atoms with van der Waals surface area (Å²) in [6, 6.07) is 3.95. The SMILES string of the molecule is CCCCOCCOc1cccs1. The van der Waals surface area contributed by atoms with Crippen LogP contribution in [0.5, 0.6) is 5.06 Å². The van der Waals surface area contributed by atoms with Crippen LogP contribution in [-0.4, -0.2) is 19.8 Å². The molecular formula is C10H16O2S. The highest BCUT2D eigenvalue weighted by Gasteiger charge is 1.92. The molecule has 3 heteroatoms. The molecule has 0 radical (unpaired) electrons. The molecule has 1 aromatic rings. The van der Waals surface area contributed by atoms with E-state index in [0.717, 1.165) is 18.1 Å². The molecular weight excluding hydrogens is 184 g/mol. The van der Waals surface area contributed by atoms with Crippen molar-refractivity contribution in [3.05, 3.63) is 17.5 Å². The first-order valence-corrected chi connectivity index (χ1v) is 5.55. The summed E-state index contributed by atoms with van der Waals surface area (Å²) in [6.07, 6.45) is 2.32. The van der Waals surface area contributed by atoms with Gasteiger partial charge in [0.15, 0.2) is 5.06 Å². The number of unbranched alkanes of at least 4 members (excludes halogenated alkanes) is 1. The summed E-state index contributed by atoms with van der Waals surface area (Å²) in [5, 5.41) is 2.98. The zero-order valence-electron chi connectivity index (χ0n) is 7.99. The molecule has 0 fully saturated rings. The van der Waals surface area contributed by atoms with E-state index in [2.05, 4.69) is 6.92 Å². The zero-order valence-corrected chi connectivity index (χ0v) is 8.81. The van der Waals surface area contributed by atoms with Gasteiger partial charge in [-0.1, -0.05) is 13.3 Å². The third-order valence-corrected chi connectivity index (χ3v) is 2.39. The summed E-state index contributed by atoms with van der Waals surface area (Å²) < 4.78 is 10.8. The van der Waals surface area contributed by atoms with E-state index >= 15 is 0 Å². The minimum Gasteiger partial charge on any atom is -0.482 e. The summed E-state index contributed by atoms with van der Waals surface area (Å²) in [5.41, 5.74) is 0. The Morgan fingerprint density at radius 2 is 2.23 bits per heavy atom. The minimum absolute atomic E-state index is 0.657. The molecule has 0 N–H and O–H groups in total. The lowest BCUT2D eigenvalue weighted by molar-refractivity contribution is 0.0993. The number of rotatable bonds is 7. The van der Waals surface area contributed by atoms with Crippen LogP contribution in [0.1, 0.15) is 19.8 Å². The molecule has 0 aliphatic rings. The summed E-state index contributed by atoms with van der Waals surface area (Å²) in [6.45, 7) is 4.36. The molecule has 0 spiro atoms. The molecule has 0 amide bonds. The molecule has 0 saturated heterocycles. The molecule has 0 bridgehead atoms. The Morgan fingerprint density at radius 3 is 2.92 bits per heavy atom. The van der Waals surface area contributed by atoms with Crippen LogP contribution in [0.15, 0.2) is 17.5 Å². The maximum atomic E-state index is 5.42. The van der Waals surface area contributed by atoms with Gasteiger partial charge in [-0.3, -0.25) is 0 Å². The second kappa shape index (κ2) is 6.92. The van der Waals surface area contributed by atoms with Crippen LogP contribution in [0, 0.1) is 0 Å². The zero-order chi connectivity index (χ0) is 9.36. The van der Waals surface area contributed by atoms with Crippen molar-refractivity contribution < 1.29 is 9.47 Å². The summed E-state index contributed by atoms with van der Waals surface area (Å²) in [4.78, 5) is 0. The lowest BCUT2D eigenvalue weighted by atomic mass is 10.4. The maximum Gasteiger partial charge on any atom is 0.173 e. The highest BCUT2D eigenvalue weighted by molar-refractivity contribution is 7.11. The lowest BCUT2D eigenvalue weighted by Crippen LogP contribution is -2.06. The van der Waals surface area contributed by atoms with Crippen LogP contribution < -0.4 is 4.74 Å². The molecule has 13 heavy (non-hydrogen) atoms. The molecule has 1 heterocycles. The number of ether oxygens (including phenoxy) is 2. The van der Waals surface area contributed by atoms with Crippen LogP contribution >= 0.6 is 11.3 Å². The van der Waals surface area contributed by atoms with Gasteiger partial charge in [0.1, 0.15) is 6.61 Å². The Labute approximate surface area is 83.5 Å². The number of hydrogen-bond donors (Lipinski definition) is 0. The predicted molar refractivity (Wildman–Crippen MR) is 55.5 cm³/mol. The molecule has 74 valence electrons. The lowest BCUT2D eigenvalue weighted by Gasteiger charge is -2.03. The van der Waals surface area contributed by atoms with Gasteiger partial charge in [0, 0.05) is 6.61 Å². The number of hydrogen-bond acceptors (Lipinski definition) is 3. The maximum absolute atomic E-state index is 5.42. The Hall–Kier alpha value is -0.540. The van der Waals surface area contributed by atoms with E-state index in [4.69, 9.17) is 9.47 Å². The first-order valence-electron chi connectivity index (χ1n) is 4.67. The van der Waals surface area contributed by atoms with Crippen molar-refractivity contribution in [1.82, 2.24) is 0 Å². The van der Waals surface area contributed by atoms with Gasteiger partial charge < -0.3 is 9.47 Å². The third-order valence-electron chi connectivity index (χ3n) is 1.61. The van der Waals surface area contributed by atoms with Crippen LogP contribution in [0.4, 0.5) is 0 Å². The monoisotopic (exact) mass is 200 g/mol. The Balaban J connectivity index is 1.90. The van der Waals surface area contributed by atoms with Crippen LogP contribution in [0.2, 0.25) is 0 Å². The fourth-order valence-electron chi connectivity index (χ4n) is 0.895. The van der Waals surface area contributed by atoms with Gasteiger partial charge in [-0.2, -0.15) is 0 Å². The molecule has 0 atom stereocenters. The highest BCUT2D eigenvalue weighted by Crippen LogP contribution is 2.17. The minimum atomic E-state index is 0.657. The molecule has 2 nitrogen and oxygen atoms in total. The Morgan fingerprint density at radius 1 is 1.31 bits per heavy atom. The van der Waals surface area contributed by atoms with Crippen molar-refractivity contribution in [3.8, 4) is 5.06 Å². The van der Waals surface area contributed by atoms with Crippen molar-refractivity contribution in [3.63, 3.8) is 0 Å². The van der Waals surface area contributed by atoms with Crippen LogP contribution in [0.25, 0.3) is 0 Å².